The molecule has 104 valence electrons. The molecule has 0 aromatic heterocycles. The maximum absolute atomic E-state index is 11.2. The van der Waals surface area contributed by atoms with Crippen molar-refractivity contribution >= 4 is 11.9 Å². The second-order valence-corrected chi connectivity index (χ2v) is 3.57. The van der Waals surface area contributed by atoms with Crippen molar-refractivity contribution in [2.75, 3.05) is 19.9 Å². The van der Waals surface area contributed by atoms with E-state index in [-0.39, 0.29) is 17.4 Å². The summed E-state index contributed by atoms with van der Waals surface area (Å²) in [5.41, 5.74) is 0. The maximum atomic E-state index is 11.2. The van der Waals surface area contributed by atoms with Gasteiger partial charge in [0.15, 0.2) is 6.54 Å². The Kier molecular flexibility index (Phi) is 7.17. The normalized spacial score (nSPS) is 11.2. The Bertz CT molecular complexity index is 317. The van der Waals surface area contributed by atoms with Gasteiger partial charge in [0.25, 0.3) is 6.79 Å². The van der Waals surface area contributed by atoms with Crippen LogP contribution in [0.1, 0.15) is 20.8 Å². The van der Waals surface area contributed by atoms with Crippen LogP contribution in [-0.2, 0) is 19.2 Å². The van der Waals surface area contributed by atoms with E-state index in [0.717, 1.165) is 5.01 Å². The van der Waals surface area contributed by atoms with Crippen LogP contribution in [0.15, 0.2) is 5.28 Å². The van der Waals surface area contributed by atoms with Crippen molar-refractivity contribution in [1.29, 1.82) is 0 Å². The van der Waals surface area contributed by atoms with Gasteiger partial charge in [-0.25, -0.2) is 0 Å². The minimum atomic E-state index is -1.17. The van der Waals surface area contributed by atoms with Crippen LogP contribution in [0.4, 0.5) is 0 Å². The van der Waals surface area contributed by atoms with Crippen molar-refractivity contribution in [3.63, 3.8) is 0 Å². The fraction of sp³-hybridized carbons (Fsp3) is 0.778. The number of carboxylic acid groups (broad SMARTS) is 1. The number of hydrogen-bond acceptors (Lipinski definition) is 6. The number of ether oxygens (including phenoxy) is 1. The molecule has 0 fully saturated rings. The van der Waals surface area contributed by atoms with Gasteiger partial charge < -0.3 is 19.9 Å². The Hall–Kier alpha value is -2.06. The number of carboxylic acids is 1. The van der Waals surface area contributed by atoms with Gasteiger partial charge in [0, 0.05) is 0 Å². The molecule has 0 atom stereocenters. The lowest BCUT2D eigenvalue weighted by Crippen LogP contribution is -2.35. The molecule has 0 spiro atoms. The largest absolute Gasteiger partial charge is 0.569 e. The standard InChI is InChI=1S/C9H17N3O6/c1-4-11(5-8(13)14)12(16)10-18-6-17-9(15)7(2)3/h7H,4-6H2,1-3H3,(H,13,14). The van der Waals surface area contributed by atoms with Crippen molar-refractivity contribution in [3.8, 4) is 0 Å². The Balaban J connectivity index is 4.09. The number of esters is 1. The average Bonchev–Trinajstić information content (AvgIpc) is 2.30. The van der Waals surface area contributed by atoms with Gasteiger partial charge in [-0.1, -0.05) is 13.8 Å². The first-order chi connectivity index (χ1) is 8.38. The highest BCUT2D eigenvalue weighted by atomic mass is 16.8. The lowest BCUT2D eigenvalue weighted by atomic mass is 10.2. The predicted molar refractivity (Wildman–Crippen MR) is 57.8 cm³/mol. The molecule has 0 heterocycles. The van der Waals surface area contributed by atoms with Crippen LogP contribution in [0.2, 0.25) is 0 Å². The minimum Gasteiger partial charge on any atom is -0.569 e. The molecule has 0 aliphatic rings. The van der Waals surface area contributed by atoms with Crippen LogP contribution in [0, 0.1) is 11.1 Å². The number of nitrogens with zero attached hydrogens (tertiary/aromatic N) is 3. The summed E-state index contributed by atoms with van der Waals surface area (Å²) < 4.78 is 4.59. The molecule has 0 aromatic rings. The van der Waals surface area contributed by atoms with Gasteiger partial charge in [0.2, 0.25) is 5.28 Å². The number of likely N-dealkylation sites (N-methyl/N-ethyl adjacent to an activating group) is 1. The predicted octanol–water partition coefficient (Wildman–Crippen LogP) is 0.359. The number of carbonyl (C=O) groups excluding carboxylic acids is 1. The lowest BCUT2D eigenvalue weighted by molar-refractivity contribution is -0.709. The lowest BCUT2D eigenvalue weighted by Gasteiger charge is -2.13. The first kappa shape index (κ1) is 15.9. The summed E-state index contributed by atoms with van der Waals surface area (Å²) in [6.45, 7) is 4.02. The quantitative estimate of drug-likeness (QED) is 0.168. The van der Waals surface area contributed by atoms with Crippen LogP contribution in [0.25, 0.3) is 0 Å². The molecule has 0 unspecified atom stereocenters. The van der Waals surface area contributed by atoms with Gasteiger partial charge in [-0.15, -0.1) is 5.01 Å². The van der Waals surface area contributed by atoms with E-state index in [0.29, 0.717) is 0 Å². The zero-order valence-corrected chi connectivity index (χ0v) is 10.5. The van der Waals surface area contributed by atoms with Crippen LogP contribution in [-0.4, -0.2) is 46.9 Å². The number of rotatable bonds is 8. The molecule has 0 radical (unpaired) electrons. The third-order valence-corrected chi connectivity index (χ3v) is 1.78. The Morgan fingerprint density at radius 3 is 2.56 bits per heavy atom. The summed E-state index contributed by atoms with van der Waals surface area (Å²) >= 11 is 0. The van der Waals surface area contributed by atoms with Gasteiger partial charge in [-0.05, 0) is 6.92 Å². The van der Waals surface area contributed by atoms with Crippen molar-refractivity contribution in [2.24, 2.45) is 11.2 Å². The molecule has 0 aliphatic carbocycles. The Morgan fingerprint density at radius 2 is 2.11 bits per heavy atom. The highest BCUT2D eigenvalue weighted by Gasteiger charge is 2.15. The molecule has 9 nitrogen and oxygen atoms in total. The van der Waals surface area contributed by atoms with E-state index in [4.69, 9.17) is 5.11 Å². The molecule has 0 rings (SSSR count). The van der Waals surface area contributed by atoms with Crippen LogP contribution in [0.3, 0.4) is 0 Å². The van der Waals surface area contributed by atoms with Gasteiger partial charge in [-0.2, -0.15) is 0 Å². The van der Waals surface area contributed by atoms with E-state index in [2.05, 4.69) is 14.9 Å². The zero-order chi connectivity index (χ0) is 14.1. The molecule has 0 aromatic carbocycles. The number of hydrazine groups is 1. The first-order valence-corrected chi connectivity index (χ1v) is 5.31. The van der Waals surface area contributed by atoms with E-state index < -0.39 is 25.3 Å². The molecular formula is C9H17N3O6. The molecular weight excluding hydrogens is 246 g/mol. The fourth-order valence-corrected chi connectivity index (χ4v) is 0.825. The molecule has 9 heteroatoms. The first-order valence-electron chi connectivity index (χ1n) is 5.31. The number of hydrogen-bond donors (Lipinski definition) is 1. The zero-order valence-electron chi connectivity index (χ0n) is 10.5. The Labute approximate surface area is 104 Å². The van der Waals surface area contributed by atoms with Crippen LogP contribution in [0.5, 0.6) is 0 Å². The third-order valence-electron chi connectivity index (χ3n) is 1.78. The fourth-order valence-electron chi connectivity index (χ4n) is 0.825. The summed E-state index contributed by atoms with van der Waals surface area (Å²) in [7, 11) is 0. The van der Waals surface area contributed by atoms with E-state index in [1.165, 1.54) is 0 Å². The molecule has 1 N–H and O–H groups in total. The van der Waals surface area contributed by atoms with Gasteiger partial charge >= 0.3 is 11.9 Å². The minimum absolute atomic E-state index is 0.00265. The highest BCUT2D eigenvalue weighted by Crippen LogP contribution is 1.96. The monoisotopic (exact) mass is 263 g/mol. The Morgan fingerprint density at radius 1 is 1.50 bits per heavy atom. The van der Waals surface area contributed by atoms with Crippen molar-refractivity contribution in [2.45, 2.75) is 20.8 Å². The van der Waals surface area contributed by atoms with E-state index in [1.54, 1.807) is 20.8 Å². The third kappa shape index (κ3) is 6.51. The summed E-state index contributed by atoms with van der Waals surface area (Å²) in [6, 6.07) is 0. The van der Waals surface area contributed by atoms with E-state index in [9.17, 15) is 14.8 Å². The topological polar surface area (TPSA) is 114 Å². The molecule has 0 amide bonds. The van der Waals surface area contributed by atoms with Gasteiger partial charge in [-0.3, -0.25) is 9.59 Å². The number of carbonyl (C=O) groups is 2. The number of aliphatic carboxylic acids is 1. The molecule has 0 saturated carbocycles. The van der Waals surface area contributed by atoms with Crippen molar-refractivity contribution < 1.29 is 29.2 Å². The molecule has 0 saturated heterocycles. The van der Waals surface area contributed by atoms with Crippen molar-refractivity contribution in [3.05, 3.63) is 5.21 Å². The van der Waals surface area contributed by atoms with Crippen molar-refractivity contribution in [1.82, 2.24) is 5.01 Å². The summed E-state index contributed by atoms with van der Waals surface area (Å²) in [4.78, 5) is 25.8. The molecule has 18 heavy (non-hydrogen) atoms. The highest BCUT2D eigenvalue weighted by molar-refractivity contribution is 5.71. The molecule has 0 bridgehead atoms. The van der Waals surface area contributed by atoms with E-state index >= 15 is 0 Å². The molecule has 0 aliphatic heterocycles. The van der Waals surface area contributed by atoms with E-state index in [1.807, 2.05) is 0 Å². The van der Waals surface area contributed by atoms with Gasteiger partial charge in [0.1, 0.15) is 0 Å². The summed E-state index contributed by atoms with van der Waals surface area (Å²) in [5, 5.41) is 23.7. The summed E-state index contributed by atoms with van der Waals surface area (Å²) in [5.74, 6) is -1.96. The maximum Gasteiger partial charge on any atom is 0.329 e. The second kappa shape index (κ2) is 8.09. The smallest absolute Gasteiger partial charge is 0.329 e. The second-order valence-electron chi connectivity index (χ2n) is 3.57. The SMILES string of the molecule is CCN(CC(=O)O)[N+]([O-])=NOCOC(=O)C(C)C. The average molecular weight is 263 g/mol. The van der Waals surface area contributed by atoms with Crippen LogP contribution >= 0.6 is 0 Å². The summed E-state index contributed by atoms with van der Waals surface area (Å²) in [6.07, 6.45) is 0. The van der Waals surface area contributed by atoms with Gasteiger partial charge in [0.05, 0.1) is 17.4 Å². The van der Waals surface area contributed by atoms with Crippen LogP contribution < -0.4 is 0 Å².